The Morgan fingerprint density at radius 1 is 1.31 bits per heavy atom. The zero-order valence-electron chi connectivity index (χ0n) is 8.82. The maximum absolute atomic E-state index is 12.8. The lowest BCUT2D eigenvalue weighted by atomic mass is 9.93. The predicted octanol–water partition coefficient (Wildman–Crippen LogP) is 2.67. The highest BCUT2D eigenvalue weighted by Crippen LogP contribution is 2.27. The number of pyridine rings is 1. The summed E-state index contributed by atoms with van der Waals surface area (Å²) in [6.45, 7) is 1.32. The van der Waals surface area contributed by atoms with Gasteiger partial charge >= 0.3 is 0 Å². The molecule has 0 fully saturated rings. The van der Waals surface area contributed by atoms with Crippen LogP contribution in [0, 0.1) is 0 Å². The first-order valence-electron chi connectivity index (χ1n) is 4.94. The summed E-state index contributed by atoms with van der Waals surface area (Å²) in [4.78, 5) is 4.11. The Labute approximate surface area is 92.1 Å². The molecule has 0 bridgehead atoms. The summed E-state index contributed by atoms with van der Waals surface area (Å²) in [5.74, 6) is 0. The molecule has 0 aliphatic carbocycles. The monoisotopic (exact) mass is 222 g/mol. The summed E-state index contributed by atoms with van der Waals surface area (Å²) in [7, 11) is 0. The fourth-order valence-corrected chi connectivity index (χ4v) is 1.53. The van der Waals surface area contributed by atoms with Crippen molar-refractivity contribution >= 4 is 10.9 Å². The minimum Gasteiger partial charge on any atom is -0.317 e. The molecule has 0 saturated heterocycles. The Kier molecular flexibility index (Phi) is 2.59. The van der Waals surface area contributed by atoms with E-state index in [2.05, 4.69) is 4.98 Å². The molecular formula is C12H12F2N2. The van der Waals surface area contributed by atoms with Gasteiger partial charge in [0.15, 0.2) is 0 Å². The van der Waals surface area contributed by atoms with Gasteiger partial charge in [-0.25, -0.2) is 8.78 Å². The maximum Gasteiger partial charge on any atom is 0.260 e. The van der Waals surface area contributed by atoms with Crippen LogP contribution in [0.4, 0.5) is 8.78 Å². The van der Waals surface area contributed by atoms with E-state index in [4.69, 9.17) is 5.73 Å². The van der Waals surface area contributed by atoms with Gasteiger partial charge in [-0.05, 0) is 24.6 Å². The Hall–Kier alpha value is -1.55. The molecule has 0 radical (unpaired) electrons. The fourth-order valence-electron chi connectivity index (χ4n) is 1.53. The second kappa shape index (κ2) is 3.79. The van der Waals surface area contributed by atoms with E-state index in [0.29, 0.717) is 11.1 Å². The first-order valence-corrected chi connectivity index (χ1v) is 4.94. The third-order valence-corrected chi connectivity index (χ3v) is 2.68. The van der Waals surface area contributed by atoms with E-state index < -0.39 is 12.0 Å². The highest BCUT2D eigenvalue weighted by molar-refractivity contribution is 5.79. The molecule has 2 nitrogen and oxygen atoms in total. The molecule has 4 heteroatoms. The summed E-state index contributed by atoms with van der Waals surface area (Å²) >= 11 is 0. The molecule has 1 aromatic heterocycles. The maximum atomic E-state index is 12.8. The molecule has 2 N–H and O–H groups in total. The minimum atomic E-state index is -2.60. The standard InChI is InChI=1S/C12H12F2N2/c1-12(15,11(13)14)9-5-4-8-3-2-6-16-10(8)7-9/h2-7,11H,15H2,1H3. The molecule has 2 aromatic rings. The lowest BCUT2D eigenvalue weighted by molar-refractivity contribution is 0.0626. The van der Waals surface area contributed by atoms with Gasteiger partial charge in [0.25, 0.3) is 6.43 Å². The van der Waals surface area contributed by atoms with Crippen molar-refractivity contribution in [2.75, 3.05) is 0 Å². The van der Waals surface area contributed by atoms with E-state index in [1.807, 2.05) is 6.07 Å². The van der Waals surface area contributed by atoms with Crippen molar-refractivity contribution in [1.82, 2.24) is 4.98 Å². The summed E-state index contributed by atoms with van der Waals surface area (Å²) < 4.78 is 25.5. The number of rotatable bonds is 2. The average molecular weight is 222 g/mol. The fraction of sp³-hybridized carbons (Fsp3) is 0.250. The predicted molar refractivity (Wildman–Crippen MR) is 59.3 cm³/mol. The number of nitrogens with two attached hydrogens (primary N) is 1. The van der Waals surface area contributed by atoms with Crippen LogP contribution in [0.15, 0.2) is 36.5 Å². The highest BCUT2D eigenvalue weighted by Gasteiger charge is 2.32. The largest absolute Gasteiger partial charge is 0.317 e. The Balaban J connectivity index is 2.55. The van der Waals surface area contributed by atoms with Gasteiger partial charge < -0.3 is 5.73 Å². The molecule has 1 unspecified atom stereocenters. The molecule has 2 rings (SSSR count). The quantitative estimate of drug-likeness (QED) is 0.848. The zero-order chi connectivity index (χ0) is 11.8. The molecule has 1 atom stereocenters. The number of hydrogen-bond donors (Lipinski definition) is 1. The van der Waals surface area contributed by atoms with Crippen molar-refractivity contribution in [3.63, 3.8) is 0 Å². The summed E-state index contributed by atoms with van der Waals surface area (Å²) in [5, 5.41) is 0.913. The number of aromatic nitrogens is 1. The molecule has 0 saturated carbocycles. The van der Waals surface area contributed by atoms with Crippen molar-refractivity contribution in [2.45, 2.75) is 18.9 Å². The lowest BCUT2D eigenvalue weighted by Gasteiger charge is -2.24. The van der Waals surface area contributed by atoms with Crippen LogP contribution < -0.4 is 5.73 Å². The van der Waals surface area contributed by atoms with Gasteiger partial charge in [-0.15, -0.1) is 0 Å². The van der Waals surface area contributed by atoms with Gasteiger partial charge in [-0.2, -0.15) is 0 Å². The summed E-state index contributed by atoms with van der Waals surface area (Å²) in [6.07, 6.45) is -0.976. The second-order valence-corrected chi connectivity index (χ2v) is 3.99. The zero-order valence-corrected chi connectivity index (χ0v) is 8.82. The van der Waals surface area contributed by atoms with Crippen molar-refractivity contribution in [3.8, 4) is 0 Å². The number of nitrogens with zero attached hydrogens (tertiary/aromatic N) is 1. The molecule has 1 aromatic carbocycles. The normalized spacial score (nSPS) is 15.3. The smallest absolute Gasteiger partial charge is 0.260 e. The number of hydrogen-bond acceptors (Lipinski definition) is 2. The van der Waals surface area contributed by atoms with Crippen LogP contribution in [0.2, 0.25) is 0 Å². The third kappa shape index (κ3) is 1.76. The van der Waals surface area contributed by atoms with Crippen LogP contribution in [0.3, 0.4) is 0 Å². The number of benzene rings is 1. The molecule has 84 valence electrons. The highest BCUT2D eigenvalue weighted by atomic mass is 19.3. The van der Waals surface area contributed by atoms with Crippen LogP contribution in [0.25, 0.3) is 10.9 Å². The van der Waals surface area contributed by atoms with Crippen molar-refractivity contribution in [1.29, 1.82) is 0 Å². The van der Waals surface area contributed by atoms with Gasteiger partial charge in [-0.3, -0.25) is 4.98 Å². The molecule has 0 spiro atoms. The Bertz CT molecular complexity index is 509. The number of fused-ring (bicyclic) bond motifs is 1. The SMILES string of the molecule is CC(N)(c1ccc2cccnc2c1)C(F)F. The summed E-state index contributed by atoms with van der Waals surface area (Å²) in [6, 6.07) is 8.67. The van der Waals surface area contributed by atoms with E-state index in [1.54, 1.807) is 30.5 Å². The third-order valence-electron chi connectivity index (χ3n) is 2.68. The molecule has 0 aliphatic rings. The first kappa shape index (κ1) is 11.0. The van der Waals surface area contributed by atoms with Crippen LogP contribution in [-0.2, 0) is 5.54 Å². The van der Waals surface area contributed by atoms with E-state index in [9.17, 15) is 8.78 Å². The van der Waals surface area contributed by atoms with Crippen molar-refractivity contribution in [2.24, 2.45) is 5.73 Å². The lowest BCUT2D eigenvalue weighted by Crippen LogP contribution is -2.40. The van der Waals surface area contributed by atoms with Crippen LogP contribution >= 0.6 is 0 Å². The Morgan fingerprint density at radius 2 is 2.06 bits per heavy atom. The minimum absolute atomic E-state index is 0.397. The van der Waals surface area contributed by atoms with Crippen LogP contribution in [0.5, 0.6) is 0 Å². The van der Waals surface area contributed by atoms with E-state index in [1.165, 1.54) is 6.92 Å². The van der Waals surface area contributed by atoms with E-state index in [0.717, 1.165) is 5.39 Å². The Morgan fingerprint density at radius 3 is 2.75 bits per heavy atom. The summed E-state index contributed by atoms with van der Waals surface area (Å²) in [5.41, 5.74) is 5.04. The van der Waals surface area contributed by atoms with Crippen molar-refractivity contribution < 1.29 is 8.78 Å². The second-order valence-electron chi connectivity index (χ2n) is 3.99. The molecule has 0 amide bonds. The molecule has 1 heterocycles. The van der Waals surface area contributed by atoms with Gasteiger partial charge in [-0.1, -0.05) is 18.2 Å². The average Bonchev–Trinajstić information content (AvgIpc) is 2.28. The topological polar surface area (TPSA) is 38.9 Å². The van der Waals surface area contributed by atoms with E-state index >= 15 is 0 Å². The van der Waals surface area contributed by atoms with Gasteiger partial charge in [0.05, 0.1) is 11.1 Å². The van der Waals surface area contributed by atoms with Crippen molar-refractivity contribution in [3.05, 3.63) is 42.1 Å². The molecular weight excluding hydrogens is 210 g/mol. The van der Waals surface area contributed by atoms with Gasteiger partial charge in [0.1, 0.15) is 0 Å². The number of halogens is 2. The molecule has 16 heavy (non-hydrogen) atoms. The van der Waals surface area contributed by atoms with E-state index in [-0.39, 0.29) is 0 Å². The van der Waals surface area contributed by atoms with Gasteiger partial charge in [0, 0.05) is 11.6 Å². The van der Waals surface area contributed by atoms with Crippen LogP contribution in [0.1, 0.15) is 12.5 Å². The van der Waals surface area contributed by atoms with Gasteiger partial charge in [0.2, 0.25) is 0 Å². The first-order chi connectivity index (χ1) is 7.51. The number of alkyl halides is 2. The molecule has 0 aliphatic heterocycles. The van der Waals surface area contributed by atoms with Crippen LogP contribution in [-0.4, -0.2) is 11.4 Å².